The Balaban J connectivity index is 2.37. The van der Waals surface area contributed by atoms with E-state index in [9.17, 15) is 9.59 Å². The molecule has 0 spiro atoms. The average molecular weight is 493 g/mol. The number of nitrogens with one attached hydrogen (secondary N) is 3. The Morgan fingerprint density at radius 2 is 1.37 bits per heavy atom. The van der Waals surface area contributed by atoms with Crippen LogP contribution in [-0.4, -0.2) is 44.5 Å². The summed E-state index contributed by atoms with van der Waals surface area (Å²) in [7, 11) is 0. The number of allylic oxidation sites excluding steroid dienone is 2. The Morgan fingerprint density at radius 3 is 1.89 bits per heavy atom. The van der Waals surface area contributed by atoms with Crippen molar-refractivity contribution < 1.29 is 9.59 Å². The normalized spacial score (nSPS) is 16.5. The van der Waals surface area contributed by atoms with E-state index in [1.54, 1.807) is 0 Å². The Labute approximate surface area is 216 Å². The van der Waals surface area contributed by atoms with E-state index in [4.69, 9.17) is 5.73 Å². The van der Waals surface area contributed by atoms with E-state index in [-0.39, 0.29) is 28.1 Å². The van der Waals surface area contributed by atoms with Crippen LogP contribution < -0.4 is 21.7 Å². The van der Waals surface area contributed by atoms with Gasteiger partial charge >= 0.3 is 0 Å². The molecule has 0 aromatic rings. The van der Waals surface area contributed by atoms with Gasteiger partial charge in [0.05, 0.1) is 0 Å². The Kier molecular flexibility index (Phi) is 12.0. The molecule has 2 amide bonds. The van der Waals surface area contributed by atoms with Gasteiger partial charge in [0.2, 0.25) is 11.8 Å². The van der Waals surface area contributed by atoms with Gasteiger partial charge in [-0.1, -0.05) is 72.0 Å². The maximum atomic E-state index is 13.0. The lowest BCUT2D eigenvalue weighted by atomic mass is 9.58. The quantitative estimate of drug-likeness (QED) is 0.204. The first-order chi connectivity index (χ1) is 16.1. The smallest absolute Gasteiger partial charge is 0.225 e. The van der Waals surface area contributed by atoms with Gasteiger partial charge in [0, 0.05) is 38.0 Å². The summed E-state index contributed by atoms with van der Waals surface area (Å²) in [5.74, 6) is 0.189. The van der Waals surface area contributed by atoms with E-state index in [0.717, 1.165) is 19.3 Å². The molecule has 1 aliphatic carbocycles. The van der Waals surface area contributed by atoms with Crippen molar-refractivity contribution in [1.82, 2.24) is 16.0 Å². The fraction of sp³-hybridized carbons (Fsp3) is 0.862. The predicted octanol–water partition coefficient (Wildman–Crippen LogP) is 4.93. The third-order valence-corrected chi connectivity index (χ3v) is 8.97. The standard InChI is InChI=1S/C29H56N4O2/c1-22(2)23(3)28(8,9)27(6,7)20-26(4,5)25(35)33-18-16-31-15-17-32-24(34)19-29(21-30)13-11-10-12-14-29/h31H,10-21,30H2,1-9H3,(H,32,34)(H,33,35). The van der Waals surface area contributed by atoms with Crippen LogP contribution in [0.3, 0.4) is 0 Å². The molecular weight excluding hydrogens is 436 g/mol. The number of carbonyl (C=O) groups excluding carboxylic acids is 2. The highest BCUT2D eigenvalue weighted by molar-refractivity contribution is 5.81. The van der Waals surface area contributed by atoms with Gasteiger partial charge < -0.3 is 21.7 Å². The van der Waals surface area contributed by atoms with Crippen LogP contribution in [0.2, 0.25) is 0 Å². The van der Waals surface area contributed by atoms with Gasteiger partial charge in [0.25, 0.3) is 0 Å². The number of hydrogen-bond donors (Lipinski definition) is 4. The maximum Gasteiger partial charge on any atom is 0.225 e. The van der Waals surface area contributed by atoms with E-state index in [1.165, 1.54) is 30.4 Å². The first-order valence-electron chi connectivity index (χ1n) is 13.7. The second-order valence-electron chi connectivity index (χ2n) is 13.0. The molecule has 1 aliphatic rings. The van der Waals surface area contributed by atoms with Gasteiger partial charge in [0.15, 0.2) is 0 Å². The van der Waals surface area contributed by atoms with Gasteiger partial charge in [-0.25, -0.2) is 0 Å². The summed E-state index contributed by atoms with van der Waals surface area (Å²) in [6.07, 6.45) is 7.08. The van der Waals surface area contributed by atoms with Crippen molar-refractivity contribution in [3.8, 4) is 0 Å². The van der Waals surface area contributed by atoms with Crippen LogP contribution in [0.5, 0.6) is 0 Å². The monoisotopic (exact) mass is 492 g/mol. The molecule has 0 bridgehead atoms. The molecule has 0 radical (unpaired) electrons. The van der Waals surface area contributed by atoms with E-state index in [2.05, 4.69) is 64.4 Å². The van der Waals surface area contributed by atoms with Gasteiger partial charge in [-0.15, -0.1) is 0 Å². The van der Waals surface area contributed by atoms with Crippen molar-refractivity contribution in [2.75, 3.05) is 32.7 Å². The highest BCUT2D eigenvalue weighted by Gasteiger charge is 2.44. The Morgan fingerprint density at radius 1 is 0.829 bits per heavy atom. The van der Waals surface area contributed by atoms with Crippen molar-refractivity contribution in [2.24, 2.45) is 27.4 Å². The Hall–Kier alpha value is -1.40. The van der Waals surface area contributed by atoms with Crippen LogP contribution >= 0.6 is 0 Å². The van der Waals surface area contributed by atoms with E-state index < -0.39 is 5.41 Å². The van der Waals surface area contributed by atoms with E-state index in [0.29, 0.717) is 39.1 Å². The number of carbonyl (C=O) groups is 2. The number of amides is 2. The van der Waals surface area contributed by atoms with Gasteiger partial charge in [-0.05, 0) is 62.8 Å². The molecule has 0 heterocycles. The first kappa shape index (κ1) is 31.6. The molecule has 0 aliphatic heterocycles. The van der Waals surface area contributed by atoms with Crippen molar-refractivity contribution in [3.05, 3.63) is 11.1 Å². The number of rotatable bonds is 14. The van der Waals surface area contributed by atoms with E-state index in [1.807, 2.05) is 13.8 Å². The first-order valence-corrected chi connectivity index (χ1v) is 13.7. The van der Waals surface area contributed by atoms with Crippen LogP contribution in [0.4, 0.5) is 0 Å². The summed E-state index contributed by atoms with van der Waals surface area (Å²) >= 11 is 0. The van der Waals surface area contributed by atoms with Crippen LogP contribution in [0.1, 0.15) is 107 Å². The highest BCUT2D eigenvalue weighted by Crippen LogP contribution is 2.51. The minimum atomic E-state index is -0.464. The van der Waals surface area contributed by atoms with Crippen molar-refractivity contribution in [3.63, 3.8) is 0 Å². The third-order valence-electron chi connectivity index (χ3n) is 8.97. The maximum absolute atomic E-state index is 13.0. The molecule has 6 nitrogen and oxygen atoms in total. The summed E-state index contributed by atoms with van der Waals surface area (Å²) in [4.78, 5) is 25.4. The zero-order chi connectivity index (χ0) is 26.9. The molecule has 1 rings (SSSR count). The molecule has 1 fully saturated rings. The minimum absolute atomic E-state index is 0.000971. The minimum Gasteiger partial charge on any atom is -0.355 e. The van der Waals surface area contributed by atoms with E-state index >= 15 is 0 Å². The third kappa shape index (κ3) is 9.20. The molecule has 0 unspecified atom stereocenters. The molecular formula is C29H56N4O2. The summed E-state index contributed by atoms with van der Waals surface area (Å²) in [6, 6.07) is 0. The molecule has 0 aromatic carbocycles. The lowest BCUT2D eigenvalue weighted by Crippen LogP contribution is -2.45. The fourth-order valence-electron chi connectivity index (χ4n) is 5.62. The molecule has 1 saturated carbocycles. The Bertz CT molecular complexity index is 727. The van der Waals surface area contributed by atoms with Crippen molar-refractivity contribution in [1.29, 1.82) is 0 Å². The lowest BCUT2D eigenvalue weighted by Gasteiger charge is -2.47. The largest absolute Gasteiger partial charge is 0.355 e. The van der Waals surface area contributed by atoms with Crippen molar-refractivity contribution >= 4 is 11.8 Å². The molecule has 35 heavy (non-hydrogen) atoms. The zero-order valence-electron chi connectivity index (χ0n) is 24.4. The average Bonchev–Trinajstić information content (AvgIpc) is 2.77. The molecule has 0 atom stereocenters. The fourth-order valence-corrected chi connectivity index (χ4v) is 5.62. The summed E-state index contributed by atoms with van der Waals surface area (Å²) in [5.41, 5.74) is 8.24. The van der Waals surface area contributed by atoms with Crippen molar-refractivity contribution in [2.45, 2.75) is 107 Å². The van der Waals surface area contributed by atoms with Gasteiger partial charge in [-0.3, -0.25) is 9.59 Å². The van der Waals surface area contributed by atoms with Crippen LogP contribution in [0.15, 0.2) is 11.1 Å². The van der Waals surface area contributed by atoms with Crippen LogP contribution in [0, 0.1) is 21.7 Å². The number of hydrogen-bond acceptors (Lipinski definition) is 4. The second kappa shape index (κ2) is 13.2. The van der Waals surface area contributed by atoms with Crippen LogP contribution in [-0.2, 0) is 9.59 Å². The highest BCUT2D eigenvalue weighted by atomic mass is 16.2. The molecule has 5 N–H and O–H groups in total. The molecule has 204 valence electrons. The van der Waals surface area contributed by atoms with Gasteiger partial charge in [-0.2, -0.15) is 0 Å². The second-order valence-corrected chi connectivity index (χ2v) is 13.0. The SMILES string of the molecule is CC(C)=C(C)C(C)(C)C(C)(C)CC(C)(C)C(=O)NCCNCCNC(=O)CC1(CN)CCCCC1. The predicted molar refractivity (Wildman–Crippen MR) is 148 cm³/mol. The zero-order valence-corrected chi connectivity index (χ0v) is 24.4. The summed E-state index contributed by atoms with van der Waals surface area (Å²) in [5, 5.41) is 9.44. The summed E-state index contributed by atoms with van der Waals surface area (Å²) in [6.45, 7) is 22.9. The van der Waals surface area contributed by atoms with Crippen LogP contribution in [0.25, 0.3) is 0 Å². The topological polar surface area (TPSA) is 96.2 Å². The molecule has 0 saturated heterocycles. The number of nitrogens with two attached hydrogens (primary N) is 1. The summed E-state index contributed by atoms with van der Waals surface area (Å²) < 4.78 is 0. The molecule has 6 heteroatoms. The molecule has 0 aromatic heterocycles. The lowest BCUT2D eigenvalue weighted by molar-refractivity contribution is -0.131. The van der Waals surface area contributed by atoms with Gasteiger partial charge in [0.1, 0.15) is 0 Å².